The number of rotatable bonds is 8. The Balaban J connectivity index is 2.15. The first kappa shape index (κ1) is 23.8. The van der Waals surface area contributed by atoms with Crippen molar-refractivity contribution in [3.63, 3.8) is 0 Å². The fourth-order valence-electron chi connectivity index (χ4n) is 4.04. The van der Waals surface area contributed by atoms with Crippen molar-refractivity contribution in [1.29, 1.82) is 0 Å². The Bertz CT molecular complexity index is 1030. The van der Waals surface area contributed by atoms with E-state index in [1.54, 1.807) is 36.4 Å². The first-order chi connectivity index (χ1) is 15.3. The maximum atomic E-state index is 13.2. The van der Waals surface area contributed by atoms with Crippen LogP contribution in [0.2, 0.25) is 5.02 Å². The van der Waals surface area contributed by atoms with Gasteiger partial charge in [-0.2, -0.15) is 0 Å². The number of aliphatic hydroxyl groups is 1. The minimum atomic E-state index is -0.715. The number of methoxy groups -OCH3 is 1. The third-order valence-electron chi connectivity index (χ3n) is 5.89. The number of likely N-dealkylation sites (N-methyl/N-ethyl adjacent to an activating group) is 1. The molecule has 32 heavy (non-hydrogen) atoms. The zero-order chi connectivity index (χ0) is 23.4. The summed E-state index contributed by atoms with van der Waals surface area (Å²) >= 11 is 6.07. The number of benzene rings is 2. The fraction of sp³-hybridized carbons (Fsp3) is 0.360. The molecule has 0 spiro atoms. The van der Waals surface area contributed by atoms with E-state index >= 15 is 0 Å². The predicted molar refractivity (Wildman–Crippen MR) is 126 cm³/mol. The van der Waals surface area contributed by atoms with Gasteiger partial charge in [-0.1, -0.05) is 49.2 Å². The molecule has 0 bridgehead atoms. The van der Waals surface area contributed by atoms with Gasteiger partial charge in [0.2, 0.25) is 0 Å². The summed E-state index contributed by atoms with van der Waals surface area (Å²) in [5.74, 6) is -1.14. The molecule has 0 aromatic heterocycles. The van der Waals surface area contributed by atoms with Gasteiger partial charge in [-0.3, -0.25) is 9.59 Å². The van der Waals surface area contributed by atoms with Crippen LogP contribution in [0.3, 0.4) is 0 Å². The van der Waals surface area contributed by atoms with Gasteiger partial charge in [-0.25, -0.2) is 0 Å². The highest BCUT2D eigenvalue weighted by Gasteiger charge is 2.46. The van der Waals surface area contributed by atoms with Crippen molar-refractivity contribution in [1.82, 2.24) is 9.80 Å². The summed E-state index contributed by atoms with van der Waals surface area (Å²) in [6.45, 7) is 8.66. The number of ether oxygens (including phenoxy) is 1. The number of amides is 1. The van der Waals surface area contributed by atoms with Crippen LogP contribution in [0.4, 0.5) is 0 Å². The fourth-order valence-corrected chi connectivity index (χ4v) is 4.17. The lowest BCUT2D eigenvalue weighted by Crippen LogP contribution is -2.38. The second-order valence-electron chi connectivity index (χ2n) is 7.77. The summed E-state index contributed by atoms with van der Waals surface area (Å²) in [4.78, 5) is 29.9. The van der Waals surface area contributed by atoms with Crippen LogP contribution in [0, 0.1) is 6.92 Å². The molecule has 3 rings (SSSR count). The molecule has 0 radical (unpaired) electrons. The number of hydrogen-bond acceptors (Lipinski definition) is 5. The van der Waals surface area contributed by atoms with Crippen molar-refractivity contribution < 1.29 is 19.4 Å². The van der Waals surface area contributed by atoms with E-state index in [-0.39, 0.29) is 11.3 Å². The van der Waals surface area contributed by atoms with E-state index < -0.39 is 17.7 Å². The summed E-state index contributed by atoms with van der Waals surface area (Å²) < 4.78 is 5.41. The quantitative estimate of drug-likeness (QED) is 0.361. The number of Topliss-reactive ketones (excluding diaryl/α,β-unsaturated/α-hetero) is 1. The Morgan fingerprint density at radius 1 is 1.12 bits per heavy atom. The van der Waals surface area contributed by atoms with E-state index in [2.05, 4.69) is 18.7 Å². The molecule has 1 N–H and O–H groups in total. The second-order valence-corrected chi connectivity index (χ2v) is 8.21. The number of carbonyl (C=O) groups excluding carboxylic acids is 2. The number of hydrogen-bond donors (Lipinski definition) is 1. The van der Waals surface area contributed by atoms with Crippen LogP contribution in [0.5, 0.6) is 5.75 Å². The number of halogens is 1. The smallest absolute Gasteiger partial charge is 0.295 e. The van der Waals surface area contributed by atoms with Crippen molar-refractivity contribution in [3.05, 3.63) is 69.8 Å². The van der Waals surface area contributed by atoms with Crippen LogP contribution in [0.25, 0.3) is 5.76 Å². The number of likely N-dealkylation sites (tertiary alicyclic amines) is 1. The summed E-state index contributed by atoms with van der Waals surface area (Å²) in [5, 5.41) is 11.8. The molecule has 1 amide bonds. The molecule has 1 fully saturated rings. The van der Waals surface area contributed by atoms with Crippen molar-refractivity contribution >= 4 is 29.1 Å². The highest BCUT2D eigenvalue weighted by molar-refractivity contribution is 6.46. The number of aliphatic hydroxyl groups excluding tert-OH is 1. The van der Waals surface area contributed by atoms with E-state index in [0.29, 0.717) is 35.0 Å². The van der Waals surface area contributed by atoms with Crippen LogP contribution < -0.4 is 4.74 Å². The molecule has 7 heteroatoms. The molecule has 1 aliphatic heterocycles. The first-order valence-corrected chi connectivity index (χ1v) is 11.1. The van der Waals surface area contributed by atoms with E-state index in [0.717, 1.165) is 18.7 Å². The highest BCUT2D eigenvalue weighted by Crippen LogP contribution is 2.41. The maximum Gasteiger partial charge on any atom is 0.295 e. The Kier molecular flexibility index (Phi) is 7.59. The summed E-state index contributed by atoms with van der Waals surface area (Å²) in [7, 11) is 1.50. The third kappa shape index (κ3) is 4.66. The summed E-state index contributed by atoms with van der Waals surface area (Å²) in [6, 6.07) is 11.6. The van der Waals surface area contributed by atoms with Crippen LogP contribution in [0.15, 0.2) is 48.0 Å². The number of carbonyl (C=O) groups is 2. The molecule has 6 nitrogen and oxygen atoms in total. The van der Waals surface area contributed by atoms with Gasteiger partial charge in [0, 0.05) is 18.1 Å². The van der Waals surface area contributed by atoms with Gasteiger partial charge in [0.05, 0.1) is 24.3 Å². The molecule has 2 aromatic rings. The monoisotopic (exact) mass is 456 g/mol. The molecule has 170 valence electrons. The van der Waals surface area contributed by atoms with Gasteiger partial charge < -0.3 is 19.6 Å². The minimum absolute atomic E-state index is 0.0563. The summed E-state index contributed by atoms with van der Waals surface area (Å²) in [6.07, 6.45) is 0. The average Bonchev–Trinajstić information content (AvgIpc) is 3.04. The molecule has 0 aliphatic carbocycles. The van der Waals surface area contributed by atoms with Gasteiger partial charge in [0.25, 0.3) is 11.7 Å². The Morgan fingerprint density at radius 3 is 2.38 bits per heavy atom. The van der Waals surface area contributed by atoms with E-state index in [4.69, 9.17) is 16.3 Å². The molecule has 2 aromatic carbocycles. The van der Waals surface area contributed by atoms with Gasteiger partial charge in [-0.15, -0.1) is 0 Å². The Hall–Kier alpha value is -2.83. The molecule has 1 heterocycles. The van der Waals surface area contributed by atoms with E-state index in [9.17, 15) is 14.7 Å². The molecule has 1 aliphatic rings. The molecule has 1 unspecified atom stereocenters. The van der Waals surface area contributed by atoms with E-state index in [1.165, 1.54) is 12.0 Å². The normalized spacial score (nSPS) is 17.9. The number of aryl methyl sites for hydroxylation is 1. The zero-order valence-corrected chi connectivity index (χ0v) is 19.6. The standard InChI is InChI=1S/C25H29ClN2O4/c1-5-27(6-2)13-14-28-22(17-8-10-18(26)11-9-17)21(24(30)25(28)31)23(29)19-15-16(3)7-12-20(19)32-4/h7-12,15,22,29H,5-6,13-14H2,1-4H3/b23-21+. The lowest BCUT2D eigenvalue weighted by Gasteiger charge is -2.28. The van der Waals surface area contributed by atoms with Crippen LogP contribution >= 0.6 is 11.6 Å². The Labute approximate surface area is 194 Å². The SMILES string of the molecule is CCN(CC)CCN1C(=O)C(=O)/C(=C(/O)c2cc(C)ccc2OC)C1c1ccc(Cl)cc1. The molecular formula is C25H29ClN2O4. The molecular weight excluding hydrogens is 428 g/mol. The van der Waals surface area contributed by atoms with Gasteiger partial charge in [0.15, 0.2) is 0 Å². The second kappa shape index (κ2) is 10.2. The number of ketones is 1. The van der Waals surface area contributed by atoms with E-state index in [1.807, 2.05) is 13.0 Å². The van der Waals surface area contributed by atoms with Crippen molar-refractivity contribution in [2.24, 2.45) is 0 Å². The molecule has 0 saturated carbocycles. The van der Waals surface area contributed by atoms with Gasteiger partial charge in [0.1, 0.15) is 11.5 Å². The largest absolute Gasteiger partial charge is 0.507 e. The van der Waals surface area contributed by atoms with Crippen LogP contribution in [0.1, 0.15) is 36.6 Å². The topological polar surface area (TPSA) is 70.1 Å². The maximum absolute atomic E-state index is 13.2. The van der Waals surface area contributed by atoms with Crippen molar-refractivity contribution in [3.8, 4) is 5.75 Å². The summed E-state index contributed by atoms with van der Waals surface area (Å²) in [5.41, 5.74) is 2.04. The lowest BCUT2D eigenvalue weighted by molar-refractivity contribution is -0.140. The van der Waals surface area contributed by atoms with Gasteiger partial charge >= 0.3 is 0 Å². The van der Waals surface area contributed by atoms with Crippen LogP contribution in [-0.4, -0.2) is 59.9 Å². The predicted octanol–water partition coefficient (Wildman–Crippen LogP) is 4.42. The third-order valence-corrected chi connectivity index (χ3v) is 6.14. The molecule has 1 atom stereocenters. The molecule has 1 saturated heterocycles. The zero-order valence-electron chi connectivity index (χ0n) is 18.9. The van der Waals surface area contributed by atoms with Crippen molar-refractivity contribution in [2.45, 2.75) is 26.8 Å². The Morgan fingerprint density at radius 2 is 1.78 bits per heavy atom. The highest BCUT2D eigenvalue weighted by atomic mass is 35.5. The minimum Gasteiger partial charge on any atom is -0.507 e. The average molecular weight is 457 g/mol. The van der Waals surface area contributed by atoms with Crippen LogP contribution in [-0.2, 0) is 9.59 Å². The lowest BCUT2D eigenvalue weighted by atomic mass is 9.94. The van der Waals surface area contributed by atoms with Gasteiger partial charge in [-0.05, 0) is 49.8 Å². The van der Waals surface area contributed by atoms with Crippen molar-refractivity contribution in [2.75, 3.05) is 33.3 Å². The number of nitrogens with zero attached hydrogens (tertiary/aromatic N) is 2. The first-order valence-electron chi connectivity index (χ1n) is 10.7.